The third kappa shape index (κ3) is 7.60. The highest BCUT2D eigenvalue weighted by Crippen LogP contribution is 2.54. The molecule has 0 radical (unpaired) electrons. The fourth-order valence-corrected chi connectivity index (χ4v) is 8.36. The predicted octanol–water partition coefficient (Wildman–Crippen LogP) is 7.29. The Morgan fingerprint density at radius 2 is 1.90 bits per heavy atom. The Balaban J connectivity index is 1.31. The van der Waals surface area contributed by atoms with Gasteiger partial charge in [-0.05, 0) is 74.3 Å². The number of benzene rings is 2. The zero-order valence-electron chi connectivity index (χ0n) is 29.7. The van der Waals surface area contributed by atoms with Gasteiger partial charge in [-0.1, -0.05) is 24.4 Å². The molecular weight excluding hydrogens is 698 g/mol. The summed E-state index contributed by atoms with van der Waals surface area (Å²) in [6, 6.07) is 7.83. The van der Waals surface area contributed by atoms with Crippen LogP contribution in [0.5, 0.6) is 17.2 Å². The first kappa shape index (κ1) is 37.5. The van der Waals surface area contributed by atoms with Crippen LogP contribution in [0.2, 0.25) is 5.02 Å². The maximum Gasteiger partial charge on any atom is 0.312 e. The van der Waals surface area contributed by atoms with E-state index in [4.69, 9.17) is 36.1 Å². The van der Waals surface area contributed by atoms with Crippen molar-refractivity contribution in [1.82, 2.24) is 9.80 Å². The zero-order chi connectivity index (χ0) is 37.2. The van der Waals surface area contributed by atoms with E-state index in [-0.39, 0.29) is 42.6 Å². The second kappa shape index (κ2) is 15.4. The first-order chi connectivity index (χ1) is 24.9. The molecule has 6 rings (SSSR count). The summed E-state index contributed by atoms with van der Waals surface area (Å²) in [5, 5.41) is 3.66. The molecule has 0 bridgehead atoms. The summed E-state index contributed by atoms with van der Waals surface area (Å²) in [7, 11) is 3.08. The van der Waals surface area contributed by atoms with Crippen LogP contribution in [0.1, 0.15) is 74.6 Å². The minimum atomic E-state index is -2.82. The number of fused-ring (bicyclic) bond motifs is 1. The van der Waals surface area contributed by atoms with E-state index in [2.05, 4.69) is 5.11 Å². The van der Waals surface area contributed by atoms with E-state index in [1.807, 2.05) is 0 Å². The molecule has 1 N–H and O–H groups in total. The van der Waals surface area contributed by atoms with Gasteiger partial charge in [0.05, 0.1) is 31.6 Å². The van der Waals surface area contributed by atoms with Crippen molar-refractivity contribution in [2.24, 2.45) is 21.9 Å². The smallest absolute Gasteiger partial charge is 0.312 e. The number of amides is 2. The van der Waals surface area contributed by atoms with E-state index >= 15 is 0 Å². The molecule has 2 amide bonds. The summed E-state index contributed by atoms with van der Waals surface area (Å²) in [6.07, 6.45) is 2.94. The molecule has 2 heterocycles. The monoisotopic (exact) mass is 742 g/mol. The van der Waals surface area contributed by atoms with E-state index in [9.17, 15) is 23.2 Å². The fourth-order valence-electron chi connectivity index (χ4n) is 8.10. The van der Waals surface area contributed by atoms with Gasteiger partial charge in [0, 0.05) is 54.3 Å². The summed E-state index contributed by atoms with van der Waals surface area (Å²) in [5.41, 5.74) is 7.93. The Hall–Kier alpha value is -4.26. The summed E-state index contributed by atoms with van der Waals surface area (Å²) in [5.74, 6) is 0.0177. The number of esters is 1. The Kier molecular flexibility index (Phi) is 11.1. The van der Waals surface area contributed by atoms with Gasteiger partial charge in [0.1, 0.15) is 36.2 Å². The topological polar surface area (TPSA) is 131 Å². The minimum Gasteiger partial charge on any atom is -0.497 e. The summed E-state index contributed by atoms with van der Waals surface area (Å²) < 4.78 is 49.0. The summed E-state index contributed by atoms with van der Waals surface area (Å²) in [4.78, 5) is 45.8. The van der Waals surface area contributed by atoms with Crippen LogP contribution in [-0.4, -0.2) is 74.5 Å². The normalized spacial score (nSPS) is 23.8. The molecule has 11 nitrogen and oxygen atoms in total. The van der Waals surface area contributed by atoms with Gasteiger partial charge in [0.15, 0.2) is 0 Å². The first-order valence-electron chi connectivity index (χ1n) is 17.7. The Morgan fingerprint density at radius 1 is 1.12 bits per heavy atom. The summed E-state index contributed by atoms with van der Waals surface area (Å²) >= 11 is 6.75. The number of nitrogens with zero attached hydrogens (tertiary/aromatic N) is 3. The number of carbonyl (C=O) groups excluding carboxylic acids is 3. The Bertz CT molecular complexity index is 1750. The average molecular weight is 743 g/mol. The molecule has 52 heavy (non-hydrogen) atoms. The van der Waals surface area contributed by atoms with Crippen LogP contribution in [0.3, 0.4) is 0 Å². The van der Waals surface area contributed by atoms with E-state index in [1.165, 1.54) is 7.11 Å². The number of alkyl halides is 2. The quantitative estimate of drug-likeness (QED) is 0.168. The van der Waals surface area contributed by atoms with Gasteiger partial charge in [-0.15, -0.1) is 0 Å². The number of hydrogen-bond donors (Lipinski definition) is 1. The number of halogens is 3. The highest BCUT2D eigenvalue weighted by Gasteiger charge is 2.54. The van der Waals surface area contributed by atoms with Gasteiger partial charge in [0.2, 0.25) is 11.8 Å². The minimum absolute atomic E-state index is 0.0109. The zero-order valence-corrected chi connectivity index (χ0v) is 30.5. The molecule has 2 aliphatic carbocycles. The number of ether oxygens (including phenoxy) is 4. The molecule has 4 aliphatic rings. The van der Waals surface area contributed by atoms with Crippen LogP contribution in [0.25, 0.3) is 0 Å². The molecule has 3 atom stereocenters. The molecule has 1 unspecified atom stereocenters. The van der Waals surface area contributed by atoms with Gasteiger partial charge in [0.25, 0.3) is 6.43 Å². The lowest BCUT2D eigenvalue weighted by molar-refractivity contribution is -0.169. The first-order valence-corrected chi connectivity index (χ1v) is 18.1. The van der Waals surface area contributed by atoms with Crippen molar-refractivity contribution in [3.05, 3.63) is 63.8 Å². The van der Waals surface area contributed by atoms with Crippen LogP contribution >= 0.6 is 11.6 Å². The molecule has 0 aromatic heterocycles. The van der Waals surface area contributed by atoms with Crippen molar-refractivity contribution in [3.63, 3.8) is 0 Å². The fraction of sp³-hybridized carbons (Fsp3) is 0.553. The van der Waals surface area contributed by atoms with Crippen LogP contribution < -0.4 is 14.2 Å². The maximum absolute atomic E-state index is 14.9. The standard InChI is InChI=1S/C38H45ClF2N4O7/c1-37(36(48)52-20-23-7-8-25(49-2)17-31(23)50-3)12-5-4-6-27(37)35(47)45-15-11-26-28(39)9-10-30(51-21-24(43-42)16-32(40)41)34(26)29(45)19-44-22-38(13-14-38)18-33(44)46/h7-10,16-17,27,29,32,42H,4-6,11-15,18-22H2,1-3H3/t27-,29?,37-/m0/s1. The van der Waals surface area contributed by atoms with E-state index in [0.29, 0.717) is 71.7 Å². The van der Waals surface area contributed by atoms with E-state index in [1.54, 1.807) is 54.2 Å². The number of allylic oxidation sites excluding steroid dienone is 1. The lowest BCUT2D eigenvalue weighted by Crippen LogP contribution is -2.53. The number of methoxy groups -OCH3 is 2. The molecule has 3 fully saturated rings. The molecule has 2 aliphatic heterocycles. The molecule has 14 heteroatoms. The molecular formula is C38H45ClF2N4O7. The molecule has 1 saturated heterocycles. The van der Waals surface area contributed by atoms with Gasteiger partial charge in [-0.3, -0.25) is 14.4 Å². The van der Waals surface area contributed by atoms with E-state index in [0.717, 1.165) is 31.2 Å². The van der Waals surface area contributed by atoms with Gasteiger partial charge in [-0.2, -0.15) is 5.11 Å². The predicted molar refractivity (Wildman–Crippen MR) is 187 cm³/mol. The van der Waals surface area contributed by atoms with Crippen molar-refractivity contribution >= 4 is 29.4 Å². The van der Waals surface area contributed by atoms with Crippen LogP contribution in [0.4, 0.5) is 8.78 Å². The SMILES string of the molecule is COc1ccc(COC(=O)[C@@]2(C)CCCC[C@H]2C(=O)N2CCc3c(Cl)ccc(OCC(=CC(F)F)N=N)c3C2CN2CC3(CC3)CC2=O)c(OC)c1. The van der Waals surface area contributed by atoms with Gasteiger partial charge in [-0.25, -0.2) is 14.3 Å². The highest BCUT2D eigenvalue weighted by molar-refractivity contribution is 6.31. The average Bonchev–Trinajstić information content (AvgIpc) is 3.82. The van der Waals surface area contributed by atoms with Crippen LogP contribution in [-0.2, 0) is 32.1 Å². The lowest BCUT2D eigenvalue weighted by Gasteiger charge is -2.45. The number of carbonyl (C=O) groups is 3. The second-order valence-electron chi connectivity index (χ2n) is 14.5. The molecule has 2 saturated carbocycles. The summed E-state index contributed by atoms with van der Waals surface area (Å²) in [6.45, 7) is 2.40. The Morgan fingerprint density at radius 3 is 2.58 bits per heavy atom. The molecule has 2 aromatic carbocycles. The van der Waals surface area contributed by atoms with Gasteiger partial charge >= 0.3 is 5.97 Å². The van der Waals surface area contributed by atoms with Crippen molar-refractivity contribution in [1.29, 1.82) is 5.53 Å². The van der Waals surface area contributed by atoms with Crippen molar-refractivity contribution < 1.29 is 42.1 Å². The van der Waals surface area contributed by atoms with Crippen molar-refractivity contribution in [3.8, 4) is 17.2 Å². The number of likely N-dealkylation sites (tertiary alicyclic amines) is 1. The largest absolute Gasteiger partial charge is 0.497 e. The number of nitrogens with one attached hydrogen (secondary N) is 1. The number of rotatable bonds is 13. The highest BCUT2D eigenvalue weighted by atomic mass is 35.5. The van der Waals surface area contributed by atoms with Crippen LogP contribution in [0, 0.1) is 22.3 Å². The van der Waals surface area contributed by atoms with Crippen molar-refractivity contribution in [2.75, 3.05) is 40.5 Å². The third-order valence-electron chi connectivity index (χ3n) is 11.3. The van der Waals surface area contributed by atoms with Gasteiger partial charge < -0.3 is 28.7 Å². The third-order valence-corrected chi connectivity index (χ3v) is 11.6. The second-order valence-corrected chi connectivity index (χ2v) is 15.0. The molecule has 2 aromatic rings. The lowest BCUT2D eigenvalue weighted by atomic mass is 9.66. The van der Waals surface area contributed by atoms with Crippen LogP contribution in [0.15, 0.2) is 47.2 Å². The van der Waals surface area contributed by atoms with Crippen molar-refractivity contribution in [2.45, 2.75) is 77.4 Å². The molecule has 1 spiro atoms. The number of hydrogen-bond acceptors (Lipinski definition) is 9. The van der Waals surface area contributed by atoms with E-state index < -0.39 is 36.4 Å². The molecule has 280 valence electrons. The Labute approximate surface area is 307 Å². The maximum atomic E-state index is 14.9.